The minimum absolute atomic E-state index is 0.472. The van der Waals surface area contributed by atoms with Crippen LogP contribution in [0.15, 0.2) is 41.4 Å². The van der Waals surface area contributed by atoms with E-state index in [4.69, 9.17) is 5.73 Å². The molecule has 0 spiro atoms. The lowest BCUT2D eigenvalue weighted by Gasteiger charge is -2.00. The summed E-state index contributed by atoms with van der Waals surface area (Å²) < 4.78 is 0. The van der Waals surface area contributed by atoms with E-state index in [9.17, 15) is 0 Å². The van der Waals surface area contributed by atoms with E-state index in [0.29, 0.717) is 5.82 Å². The molecule has 2 N–H and O–H groups in total. The Hall–Kier alpha value is -1.49. The summed E-state index contributed by atoms with van der Waals surface area (Å²) in [5.74, 6) is 1.41. The van der Waals surface area contributed by atoms with Crippen molar-refractivity contribution < 1.29 is 0 Å². The van der Waals surface area contributed by atoms with Crippen molar-refractivity contribution in [2.45, 2.75) is 11.4 Å². The Morgan fingerprint density at radius 3 is 2.73 bits per heavy atom. The molecule has 0 unspecified atom stereocenters. The molecule has 0 amide bonds. The molecular weight excluding hydrogens is 208 g/mol. The zero-order valence-corrected chi connectivity index (χ0v) is 9.02. The van der Waals surface area contributed by atoms with Gasteiger partial charge in [-0.2, -0.15) is 9.90 Å². The molecule has 0 saturated carbocycles. The van der Waals surface area contributed by atoms with Gasteiger partial charge in [-0.05, 0) is 12.1 Å². The number of aryl methyl sites for hydroxylation is 1. The summed E-state index contributed by atoms with van der Waals surface area (Å²) in [6.07, 6.45) is 1.56. The molecule has 1 aromatic heterocycles. The van der Waals surface area contributed by atoms with E-state index >= 15 is 0 Å². The van der Waals surface area contributed by atoms with Gasteiger partial charge in [0.2, 0.25) is 0 Å². The number of hydrogen-bond donors (Lipinski definition) is 1. The number of aromatic nitrogens is 3. The molecule has 0 fully saturated rings. The molecule has 5 heteroatoms. The fourth-order valence-corrected chi connectivity index (χ4v) is 2.02. The van der Waals surface area contributed by atoms with Gasteiger partial charge >= 0.3 is 0 Å². The highest BCUT2D eigenvalue weighted by atomic mass is 32.2. The van der Waals surface area contributed by atoms with Crippen LogP contribution in [0.5, 0.6) is 0 Å². The van der Waals surface area contributed by atoms with Gasteiger partial charge in [-0.1, -0.05) is 18.2 Å². The predicted octanol–water partition coefficient (Wildman–Crippen LogP) is 1.65. The molecule has 0 aliphatic carbocycles. The molecule has 2 aromatic rings. The maximum atomic E-state index is 5.46. The Balaban J connectivity index is 1.80. The van der Waals surface area contributed by atoms with Gasteiger partial charge in [0.05, 0.1) is 12.7 Å². The van der Waals surface area contributed by atoms with E-state index in [1.165, 1.54) is 4.90 Å². The minimum Gasteiger partial charge on any atom is -0.381 e. The summed E-state index contributed by atoms with van der Waals surface area (Å²) >= 11 is 1.78. The van der Waals surface area contributed by atoms with Gasteiger partial charge in [0, 0.05) is 10.6 Å². The molecule has 0 bridgehead atoms. The van der Waals surface area contributed by atoms with Crippen molar-refractivity contribution in [1.82, 2.24) is 15.0 Å². The monoisotopic (exact) mass is 220 g/mol. The number of hydrogen-bond acceptors (Lipinski definition) is 4. The summed E-state index contributed by atoms with van der Waals surface area (Å²) in [4.78, 5) is 2.88. The number of nitrogen functional groups attached to an aromatic ring is 1. The summed E-state index contributed by atoms with van der Waals surface area (Å²) in [7, 11) is 0. The van der Waals surface area contributed by atoms with Crippen LogP contribution in [0.2, 0.25) is 0 Å². The molecular formula is C10H12N4S. The van der Waals surface area contributed by atoms with Crippen LogP contribution in [-0.2, 0) is 6.54 Å². The van der Waals surface area contributed by atoms with E-state index < -0.39 is 0 Å². The number of anilines is 1. The van der Waals surface area contributed by atoms with E-state index in [0.717, 1.165) is 12.3 Å². The third-order valence-corrected chi connectivity index (χ3v) is 2.85. The van der Waals surface area contributed by atoms with Crippen molar-refractivity contribution in [2.24, 2.45) is 0 Å². The van der Waals surface area contributed by atoms with Crippen LogP contribution in [0, 0.1) is 0 Å². The average Bonchev–Trinajstić information content (AvgIpc) is 2.66. The molecule has 0 saturated heterocycles. The van der Waals surface area contributed by atoms with E-state index in [1.807, 2.05) is 18.2 Å². The van der Waals surface area contributed by atoms with Crippen LogP contribution in [-0.4, -0.2) is 20.7 Å². The third kappa shape index (κ3) is 2.99. The topological polar surface area (TPSA) is 56.7 Å². The zero-order chi connectivity index (χ0) is 10.5. The molecule has 0 aliphatic rings. The van der Waals surface area contributed by atoms with Gasteiger partial charge in [-0.25, -0.2) is 0 Å². The first-order valence-corrected chi connectivity index (χ1v) is 5.66. The summed E-state index contributed by atoms with van der Waals surface area (Å²) in [5.41, 5.74) is 5.46. The first-order valence-electron chi connectivity index (χ1n) is 4.68. The lowest BCUT2D eigenvalue weighted by atomic mass is 10.4. The van der Waals surface area contributed by atoms with Crippen molar-refractivity contribution in [1.29, 1.82) is 0 Å². The number of rotatable bonds is 4. The normalized spacial score (nSPS) is 10.4. The number of nitrogens with zero attached hydrogens (tertiary/aromatic N) is 3. The second-order valence-electron chi connectivity index (χ2n) is 3.03. The van der Waals surface area contributed by atoms with Gasteiger partial charge in [-0.15, -0.1) is 16.9 Å². The lowest BCUT2D eigenvalue weighted by Crippen LogP contribution is -2.04. The highest BCUT2D eigenvalue weighted by molar-refractivity contribution is 7.99. The highest BCUT2D eigenvalue weighted by Crippen LogP contribution is 2.16. The standard InChI is InChI=1S/C10H12N4S/c11-10-8-12-14(13-10)6-7-15-9-4-2-1-3-5-9/h1-5,8H,6-7H2,(H2,11,13). The Morgan fingerprint density at radius 1 is 1.27 bits per heavy atom. The molecule has 2 rings (SSSR count). The Bertz CT molecular complexity index is 412. The Morgan fingerprint density at radius 2 is 2.07 bits per heavy atom. The van der Waals surface area contributed by atoms with Crippen LogP contribution in [0.1, 0.15) is 0 Å². The van der Waals surface area contributed by atoms with Gasteiger partial charge in [0.15, 0.2) is 5.82 Å². The van der Waals surface area contributed by atoms with Gasteiger partial charge in [0.25, 0.3) is 0 Å². The molecule has 0 aliphatic heterocycles. The molecule has 15 heavy (non-hydrogen) atoms. The largest absolute Gasteiger partial charge is 0.381 e. The van der Waals surface area contributed by atoms with E-state index in [1.54, 1.807) is 22.8 Å². The Labute approximate surface area is 92.5 Å². The van der Waals surface area contributed by atoms with E-state index in [-0.39, 0.29) is 0 Å². The van der Waals surface area contributed by atoms with E-state index in [2.05, 4.69) is 22.3 Å². The third-order valence-electron chi connectivity index (χ3n) is 1.86. The molecule has 0 radical (unpaired) electrons. The predicted molar refractivity (Wildman–Crippen MR) is 61.6 cm³/mol. The summed E-state index contributed by atoms with van der Waals surface area (Å²) in [6, 6.07) is 10.3. The van der Waals surface area contributed by atoms with Crippen LogP contribution < -0.4 is 5.73 Å². The average molecular weight is 220 g/mol. The maximum Gasteiger partial charge on any atom is 0.165 e. The second kappa shape index (κ2) is 4.84. The summed E-state index contributed by atoms with van der Waals surface area (Å²) in [5, 5.41) is 8.03. The fraction of sp³-hybridized carbons (Fsp3) is 0.200. The van der Waals surface area contributed by atoms with Crippen molar-refractivity contribution in [2.75, 3.05) is 11.5 Å². The van der Waals surface area contributed by atoms with Gasteiger partial charge in [0.1, 0.15) is 0 Å². The molecule has 1 heterocycles. The summed E-state index contributed by atoms with van der Waals surface area (Å²) in [6.45, 7) is 0.775. The highest BCUT2D eigenvalue weighted by Gasteiger charge is 1.97. The van der Waals surface area contributed by atoms with Gasteiger partial charge < -0.3 is 5.73 Å². The van der Waals surface area contributed by atoms with Crippen molar-refractivity contribution >= 4 is 17.6 Å². The fourth-order valence-electron chi connectivity index (χ4n) is 1.18. The Kier molecular flexibility index (Phi) is 3.24. The number of nitrogens with two attached hydrogens (primary N) is 1. The first-order chi connectivity index (χ1) is 7.34. The van der Waals surface area contributed by atoms with Crippen LogP contribution in [0.3, 0.4) is 0 Å². The number of thioether (sulfide) groups is 1. The van der Waals surface area contributed by atoms with Crippen molar-refractivity contribution in [3.8, 4) is 0 Å². The maximum absolute atomic E-state index is 5.46. The molecule has 1 aromatic carbocycles. The van der Waals surface area contributed by atoms with Crippen LogP contribution >= 0.6 is 11.8 Å². The smallest absolute Gasteiger partial charge is 0.165 e. The SMILES string of the molecule is Nc1cnn(CCSc2ccccc2)n1. The van der Waals surface area contributed by atoms with Crippen LogP contribution in [0.4, 0.5) is 5.82 Å². The molecule has 0 atom stereocenters. The minimum atomic E-state index is 0.472. The first kappa shape index (κ1) is 10.0. The molecule has 78 valence electrons. The molecule has 4 nitrogen and oxygen atoms in total. The number of benzene rings is 1. The lowest BCUT2D eigenvalue weighted by molar-refractivity contribution is 0.576. The second-order valence-corrected chi connectivity index (χ2v) is 4.20. The van der Waals surface area contributed by atoms with Crippen molar-refractivity contribution in [3.05, 3.63) is 36.5 Å². The van der Waals surface area contributed by atoms with Crippen molar-refractivity contribution in [3.63, 3.8) is 0 Å². The quantitative estimate of drug-likeness (QED) is 0.796. The van der Waals surface area contributed by atoms with Gasteiger partial charge in [-0.3, -0.25) is 0 Å². The van der Waals surface area contributed by atoms with Crippen LogP contribution in [0.25, 0.3) is 0 Å². The zero-order valence-electron chi connectivity index (χ0n) is 8.21.